The smallest absolute Gasteiger partial charge is 0.273 e. The van der Waals surface area contributed by atoms with Gasteiger partial charge in [0.05, 0.1) is 19.9 Å². The molecule has 0 aliphatic carbocycles. The first kappa shape index (κ1) is 23.5. The predicted molar refractivity (Wildman–Crippen MR) is 135 cm³/mol. The highest BCUT2D eigenvalue weighted by Crippen LogP contribution is 2.33. The Kier molecular flexibility index (Phi) is 6.49. The summed E-state index contributed by atoms with van der Waals surface area (Å²) in [6.07, 6.45) is 3.44. The summed E-state index contributed by atoms with van der Waals surface area (Å²) in [4.78, 5) is 13.0. The van der Waals surface area contributed by atoms with E-state index in [9.17, 15) is 4.79 Å². The highest BCUT2D eigenvalue weighted by Gasteiger charge is 2.18. The molecule has 2 aromatic carbocycles. The summed E-state index contributed by atoms with van der Waals surface area (Å²) < 4.78 is 19.6. The third-order valence-electron chi connectivity index (χ3n) is 5.49. The number of methoxy groups -OCH3 is 2. The topological polar surface area (TPSA) is 118 Å². The van der Waals surface area contributed by atoms with Crippen LogP contribution >= 0.6 is 0 Å². The summed E-state index contributed by atoms with van der Waals surface area (Å²) in [6, 6.07) is 19.3. The number of nitrogens with one attached hydrogen (secondary N) is 1. The van der Waals surface area contributed by atoms with Gasteiger partial charge in [-0.15, -0.1) is 10.2 Å². The van der Waals surface area contributed by atoms with Crippen molar-refractivity contribution in [3.8, 4) is 40.2 Å². The van der Waals surface area contributed by atoms with Crippen LogP contribution in [-0.2, 0) is 7.05 Å². The Morgan fingerprint density at radius 2 is 1.73 bits per heavy atom. The number of anilines is 1. The van der Waals surface area contributed by atoms with Crippen LogP contribution in [-0.4, -0.2) is 49.9 Å². The Labute approximate surface area is 212 Å². The van der Waals surface area contributed by atoms with Gasteiger partial charge in [-0.2, -0.15) is 10.2 Å². The lowest BCUT2D eigenvalue weighted by Gasteiger charge is -2.08. The Hall–Kier alpha value is -5.19. The number of carbonyl (C=O) groups excluding carboxylic acids is 1. The number of amides is 1. The third kappa shape index (κ3) is 5.10. The van der Waals surface area contributed by atoms with Gasteiger partial charge in [0, 0.05) is 36.8 Å². The molecule has 0 saturated carbocycles. The van der Waals surface area contributed by atoms with Crippen LogP contribution in [0.15, 0.2) is 79.1 Å². The second kappa shape index (κ2) is 10.2. The van der Waals surface area contributed by atoms with Crippen LogP contribution in [0.4, 0.5) is 5.69 Å². The van der Waals surface area contributed by atoms with Crippen LogP contribution in [0.5, 0.6) is 23.1 Å². The predicted octanol–water partition coefficient (Wildman–Crippen LogP) is 4.12. The Morgan fingerprint density at radius 1 is 0.919 bits per heavy atom. The molecule has 1 N–H and O–H groups in total. The van der Waals surface area contributed by atoms with E-state index in [4.69, 9.17) is 14.2 Å². The van der Waals surface area contributed by atoms with Gasteiger partial charge in [0.2, 0.25) is 5.88 Å². The minimum absolute atomic E-state index is 0.308. The van der Waals surface area contributed by atoms with Crippen LogP contribution in [0.25, 0.3) is 17.1 Å². The van der Waals surface area contributed by atoms with Gasteiger partial charge in [0.15, 0.2) is 5.82 Å². The van der Waals surface area contributed by atoms with E-state index in [0.717, 1.165) is 5.56 Å². The van der Waals surface area contributed by atoms with Crippen molar-refractivity contribution < 1.29 is 19.0 Å². The quantitative estimate of drug-likeness (QED) is 0.340. The molecule has 0 atom stereocenters. The Morgan fingerprint density at radius 3 is 2.41 bits per heavy atom. The third-order valence-corrected chi connectivity index (χ3v) is 5.49. The minimum Gasteiger partial charge on any atom is -0.497 e. The zero-order valence-electron chi connectivity index (χ0n) is 20.3. The van der Waals surface area contributed by atoms with E-state index in [1.807, 2.05) is 6.07 Å². The lowest BCUT2D eigenvalue weighted by Crippen LogP contribution is -2.15. The second-order valence-electron chi connectivity index (χ2n) is 7.87. The molecule has 0 radical (unpaired) electrons. The molecule has 3 aromatic heterocycles. The highest BCUT2D eigenvalue weighted by molar-refractivity contribution is 6.03. The number of hydrogen-bond acceptors (Lipinski definition) is 8. The molecule has 0 fully saturated rings. The molecule has 0 aliphatic heterocycles. The lowest BCUT2D eigenvalue weighted by molar-refractivity contribution is 0.101. The molecule has 0 aliphatic rings. The average molecular weight is 498 g/mol. The zero-order chi connectivity index (χ0) is 25.8. The van der Waals surface area contributed by atoms with Crippen molar-refractivity contribution in [2.45, 2.75) is 0 Å². The first-order valence-corrected chi connectivity index (χ1v) is 11.2. The Bertz CT molecular complexity index is 1510. The van der Waals surface area contributed by atoms with E-state index in [0.29, 0.717) is 46.0 Å². The fourth-order valence-corrected chi connectivity index (χ4v) is 3.64. The van der Waals surface area contributed by atoms with E-state index < -0.39 is 0 Å². The standard InChI is InChI=1S/C26H23N7O4/c1-32-22(16-21(31-32)20-15-19(35-2)9-10-23(20)36-3)26(34)28-17-5-7-18(8-6-17)37-25-12-11-24(29-30-25)33-14-4-13-27-33/h4-16H,1-3H3,(H,28,34). The van der Waals surface area contributed by atoms with Crippen molar-refractivity contribution in [1.82, 2.24) is 29.8 Å². The summed E-state index contributed by atoms with van der Waals surface area (Å²) in [5, 5.41) is 19.7. The van der Waals surface area contributed by atoms with Gasteiger partial charge in [-0.25, -0.2) is 4.68 Å². The number of nitrogens with zero attached hydrogens (tertiary/aromatic N) is 6. The molecule has 5 rings (SSSR count). The molecule has 0 saturated heterocycles. The number of aryl methyl sites for hydroxylation is 1. The molecular weight excluding hydrogens is 474 g/mol. The lowest BCUT2D eigenvalue weighted by atomic mass is 10.1. The van der Waals surface area contributed by atoms with Crippen LogP contribution in [0, 0.1) is 0 Å². The van der Waals surface area contributed by atoms with Gasteiger partial charge in [0.25, 0.3) is 5.91 Å². The first-order valence-electron chi connectivity index (χ1n) is 11.2. The summed E-state index contributed by atoms with van der Waals surface area (Å²) in [5.74, 6) is 2.45. The fraction of sp³-hybridized carbons (Fsp3) is 0.115. The first-order chi connectivity index (χ1) is 18.0. The number of rotatable bonds is 8. The van der Waals surface area contributed by atoms with Gasteiger partial charge in [-0.1, -0.05) is 0 Å². The van der Waals surface area contributed by atoms with Crippen molar-refractivity contribution in [3.05, 3.63) is 84.8 Å². The molecule has 3 heterocycles. The van der Waals surface area contributed by atoms with Crippen molar-refractivity contribution >= 4 is 11.6 Å². The highest BCUT2D eigenvalue weighted by atomic mass is 16.5. The van der Waals surface area contributed by atoms with Crippen molar-refractivity contribution in [2.75, 3.05) is 19.5 Å². The molecule has 0 spiro atoms. The molecule has 37 heavy (non-hydrogen) atoms. The van der Waals surface area contributed by atoms with Crippen molar-refractivity contribution in [1.29, 1.82) is 0 Å². The van der Waals surface area contributed by atoms with E-state index in [1.165, 1.54) is 4.68 Å². The average Bonchev–Trinajstić information content (AvgIpc) is 3.60. The fourth-order valence-electron chi connectivity index (χ4n) is 3.64. The summed E-state index contributed by atoms with van der Waals surface area (Å²) >= 11 is 0. The maximum Gasteiger partial charge on any atom is 0.273 e. The van der Waals surface area contributed by atoms with E-state index >= 15 is 0 Å². The van der Waals surface area contributed by atoms with Gasteiger partial charge in [0.1, 0.15) is 22.9 Å². The SMILES string of the molecule is COc1ccc(OC)c(-c2cc(C(=O)Nc3ccc(Oc4ccc(-n5cccn5)nn4)cc3)n(C)n2)c1. The molecular formula is C26H23N7O4. The van der Waals surface area contributed by atoms with Crippen LogP contribution in [0.2, 0.25) is 0 Å². The number of ether oxygens (including phenoxy) is 3. The maximum atomic E-state index is 13.0. The maximum absolute atomic E-state index is 13.0. The molecule has 0 bridgehead atoms. The van der Waals surface area contributed by atoms with Gasteiger partial charge in [-0.3, -0.25) is 9.48 Å². The van der Waals surface area contributed by atoms with Gasteiger partial charge >= 0.3 is 0 Å². The number of aromatic nitrogens is 6. The van der Waals surface area contributed by atoms with E-state index in [2.05, 4.69) is 25.7 Å². The molecule has 0 unspecified atom stereocenters. The zero-order valence-corrected chi connectivity index (χ0v) is 20.3. The Balaban J connectivity index is 1.26. The molecule has 186 valence electrons. The van der Waals surface area contributed by atoms with Crippen molar-refractivity contribution in [3.63, 3.8) is 0 Å². The minimum atomic E-state index is -0.308. The second-order valence-corrected chi connectivity index (χ2v) is 7.87. The number of hydrogen-bond donors (Lipinski definition) is 1. The van der Waals surface area contributed by atoms with E-state index in [1.54, 1.807) is 99.0 Å². The molecule has 5 aromatic rings. The van der Waals surface area contributed by atoms with Crippen LogP contribution in [0.3, 0.4) is 0 Å². The number of benzene rings is 2. The summed E-state index contributed by atoms with van der Waals surface area (Å²) in [6.45, 7) is 0. The summed E-state index contributed by atoms with van der Waals surface area (Å²) in [7, 11) is 4.88. The monoisotopic (exact) mass is 497 g/mol. The van der Waals surface area contributed by atoms with Crippen LogP contribution < -0.4 is 19.5 Å². The molecule has 11 heteroatoms. The van der Waals surface area contributed by atoms with Crippen molar-refractivity contribution in [2.24, 2.45) is 7.05 Å². The largest absolute Gasteiger partial charge is 0.497 e. The summed E-state index contributed by atoms with van der Waals surface area (Å²) in [5.41, 5.74) is 2.29. The van der Waals surface area contributed by atoms with Gasteiger partial charge in [-0.05, 0) is 60.7 Å². The number of carbonyl (C=O) groups is 1. The van der Waals surface area contributed by atoms with E-state index in [-0.39, 0.29) is 5.91 Å². The van der Waals surface area contributed by atoms with Crippen LogP contribution in [0.1, 0.15) is 10.5 Å². The molecule has 1 amide bonds. The molecule has 11 nitrogen and oxygen atoms in total. The van der Waals surface area contributed by atoms with Gasteiger partial charge < -0.3 is 19.5 Å². The normalized spacial score (nSPS) is 10.7.